The van der Waals surface area contributed by atoms with Crippen molar-refractivity contribution in [3.8, 4) is 0 Å². The van der Waals surface area contributed by atoms with Crippen LogP contribution in [-0.2, 0) is 4.79 Å². The Bertz CT molecular complexity index is 254. The minimum absolute atomic E-state index is 0.142. The smallest absolute Gasteiger partial charge is 0.271 e. The van der Waals surface area contributed by atoms with Crippen LogP contribution in [0.2, 0.25) is 0 Å². The van der Waals surface area contributed by atoms with E-state index in [4.69, 9.17) is 0 Å². The molecule has 1 aliphatic carbocycles. The lowest BCUT2D eigenvalue weighted by Crippen LogP contribution is -2.54. The fourth-order valence-corrected chi connectivity index (χ4v) is 2.01. The Morgan fingerprint density at radius 1 is 1.33 bits per heavy atom. The van der Waals surface area contributed by atoms with Crippen molar-refractivity contribution in [1.29, 1.82) is 0 Å². The van der Waals surface area contributed by atoms with Gasteiger partial charge in [0.05, 0.1) is 6.54 Å². The van der Waals surface area contributed by atoms with E-state index in [1.54, 1.807) is 0 Å². The van der Waals surface area contributed by atoms with Gasteiger partial charge in [0.2, 0.25) is 5.91 Å². The molecule has 1 heterocycles. The van der Waals surface area contributed by atoms with Gasteiger partial charge in [0.15, 0.2) is 0 Å². The molecule has 86 valence electrons. The van der Waals surface area contributed by atoms with E-state index in [0.717, 1.165) is 19.3 Å². The van der Waals surface area contributed by atoms with Crippen molar-refractivity contribution < 1.29 is 13.6 Å². The van der Waals surface area contributed by atoms with Crippen LogP contribution in [0, 0.1) is 5.92 Å². The zero-order valence-corrected chi connectivity index (χ0v) is 8.56. The molecule has 15 heavy (non-hydrogen) atoms. The summed E-state index contributed by atoms with van der Waals surface area (Å²) < 4.78 is 26.7. The standard InChI is InChI=1S/C10H16F2N2O/c11-10(12)6-13-5-4-8(10)9(15)14-7-2-1-3-7/h7-8,13H,1-6H2,(H,14,15). The van der Waals surface area contributed by atoms with Gasteiger partial charge >= 0.3 is 0 Å². The minimum atomic E-state index is -2.90. The number of alkyl halides is 2. The van der Waals surface area contributed by atoms with Crippen LogP contribution in [0.1, 0.15) is 25.7 Å². The van der Waals surface area contributed by atoms with Crippen LogP contribution in [-0.4, -0.2) is 31.0 Å². The maximum Gasteiger partial charge on any atom is 0.271 e. The third-order valence-corrected chi connectivity index (χ3v) is 3.25. The fourth-order valence-electron chi connectivity index (χ4n) is 2.01. The molecule has 1 saturated carbocycles. The molecular weight excluding hydrogens is 202 g/mol. The molecule has 0 aromatic rings. The molecule has 0 spiro atoms. The summed E-state index contributed by atoms with van der Waals surface area (Å²) >= 11 is 0. The number of carbonyl (C=O) groups excluding carboxylic acids is 1. The van der Waals surface area contributed by atoms with Gasteiger partial charge in [0.1, 0.15) is 5.92 Å². The number of nitrogens with one attached hydrogen (secondary N) is 2. The Balaban J connectivity index is 1.91. The second-order valence-corrected chi connectivity index (χ2v) is 4.42. The first-order chi connectivity index (χ1) is 7.09. The van der Waals surface area contributed by atoms with E-state index >= 15 is 0 Å². The van der Waals surface area contributed by atoms with E-state index in [2.05, 4.69) is 10.6 Å². The van der Waals surface area contributed by atoms with Gasteiger partial charge in [-0.25, -0.2) is 8.78 Å². The maximum atomic E-state index is 13.4. The molecule has 3 nitrogen and oxygen atoms in total. The molecule has 0 aromatic carbocycles. The van der Waals surface area contributed by atoms with Gasteiger partial charge in [-0.3, -0.25) is 4.79 Å². The lowest BCUT2D eigenvalue weighted by Gasteiger charge is -2.34. The highest BCUT2D eigenvalue weighted by Crippen LogP contribution is 2.30. The van der Waals surface area contributed by atoms with Crippen molar-refractivity contribution in [2.75, 3.05) is 13.1 Å². The predicted molar refractivity (Wildman–Crippen MR) is 51.7 cm³/mol. The van der Waals surface area contributed by atoms with Gasteiger partial charge in [0.25, 0.3) is 5.92 Å². The van der Waals surface area contributed by atoms with E-state index in [-0.39, 0.29) is 19.0 Å². The molecule has 0 bridgehead atoms. The van der Waals surface area contributed by atoms with Crippen LogP contribution in [0.5, 0.6) is 0 Å². The molecule has 1 saturated heterocycles. The monoisotopic (exact) mass is 218 g/mol. The molecule has 2 rings (SSSR count). The summed E-state index contributed by atoms with van der Waals surface area (Å²) in [6.45, 7) is 0.119. The van der Waals surface area contributed by atoms with Crippen LogP contribution in [0.4, 0.5) is 8.78 Å². The van der Waals surface area contributed by atoms with Crippen molar-refractivity contribution in [2.45, 2.75) is 37.6 Å². The van der Waals surface area contributed by atoms with Crippen molar-refractivity contribution in [3.05, 3.63) is 0 Å². The molecule has 2 N–H and O–H groups in total. The maximum absolute atomic E-state index is 13.4. The lowest BCUT2D eigenvalue weighted by molar-refractivity contribution is -0.144. The Morgan fingerprint density at radius 2 is 2.07 bits per heavy atom. The first-order valence-corrected chi connectivity index (χ1v) is 5.48. The van der Waals surface area contributed by atoms with Crippen LogP contribution in [0.15, 0.2) is 0 Å². The summed E-state index contributed by atoms with van der Waals surface area (Å²) in [6.07, 6.45) is 3.18. The molecule has 0 aromatic heterocycles. The summed E-state index contributed by atoms with van der Waals surface area (Å²) in [4.78, 5) is 11.6. The zero-order chi connectivity index (χ0) is 10.9. The SMILES string of the molecule is O=C(NC1CCC1)C1CCNCC1(F)F. The average Bonchev–Trinajstić information content (AvgIpc) is 2.10. The first kappa shape index (κ1) is 10.8. The Morgan fingerprint density at radius 3 is 2.60 bits per heavy atom. The first-order valence-electron chi connectivity index (χ1n) is 5.48. The number of hydrogen-bond donors (Lipinski definition) is 2. The largest absolute Gasteiger partial charge is 0.353 e. The molecule has 2 aliphatic rings. The molecule has 0 radical (unpaired) electrons. The van der Waals surface area contributed by atoms with Gasteiger partial charge in [-0.05, 0) is 32.2 Å². The van der Waals surface area contributed by atoms with Gasteiger partial charge in [-0.2, -0.15) is 0 Å². The highest BCUT2D eigenvalue weighted by Gasteiger charge is 2.46. The van der Waals surface area contributed by atoms with Crippen LogP contribution in [0.3, 0.4) is 0 Å². The van der Waals surface area contributed by atoms with Crippen molar-refractivity contribution in [3.63, 3.8) is 0 Å². The van der Waals surface area contributed by atoms with Gasteiger partial charge in [-0.1, -0.05) is 0 Å². The van der Waals surface area contributed by atoms with Crippen molar-refractivity contribution >= 4 is 5.91 Å². The summed E-state index contributed by atoms with van der Waals surface area (Å²) in [5.41, 5.74) is 0. The fraction of sp³-hybridized carbons (Fsp3) is 0.900. The van der Waals surface area contributed by atoms with E-state index in [1.807, 2.05) is 0 Å². The average molecular weight is 218 g/mol. The number of hydrogen-bond acceptors (Lipinski definition) is 2. The van der Waals surface area contributed by atoms with Crippen LogP contribution in [0.25, 0.3) is 0 Å². The Hall–Kier alpha value is -0.710. The quantitative estimate of drug-likeness (QED) is 0.723. The molecule has 1 amide bonds. The number of carbonyl (C=O) groups is 1. The lowest BCUT2D eigenvalue weighted by atomic mass is 9.89. The second kappa shape index (κ2) is 4.04. The normalized spacial score (nSPS) is 30.7. The zero-order valence-electron chi connectivity index (χ0n) is 8.56. The molecule has 1 atom stereocenters. The second-order valence-electron chi connectivity index (χ2n) is 4.42. The van der Waals surface area contributed by atoms with Crippen molar-refractivity contribution in [1.82, 2.24) is 10.6 Å². The molecule has 1 aliphatic heterocycles. The van der Waals surface area contributed by atoms with Crippen LogP contribution < -0.4 is 10.6 Å². The molecule has 5 heteroatoms. The molecule has 1 unspecified atom stereocenters. The molecule has 2 fully saturated rings. The topological polar surface area (TPSA) is 41.1 Å². The van der Waals surface area contributed by atoms with E-state index in [1.165, 1.54) is 0 Å². The summed E-state index contributed by atoms with van der Waals surface area (Å²) in [7, 11) is 0. The third kappa shape index (κ3) is 2.27. The predicted octanol–water partition coefficient (Wildman–Crippen LogP) is 0.900. The third-order valence-electron chi connectivity index (χ3n) is 3.25. The summed E-state index contributed by atoms with van der Waals surface area (Å²) in [5, 5.41) is 5.31. The van der Waals surface area contributed by atoms with Gasteiger partial charge in [-0.15, -0.1) is 0 Å². The Labute approximate surface area is 87.6 Å². The summed E-state index contributed by atoms with van der Waals surface area (Å²) in [5.74, 6) is -4.50. The number of halogens is 2. The highest BCUT2D eigenvalue weighted by molar-refractivity contribution is 5.80. The van der Waals surface area contributed by atoms with Crippen molar-refractivity contribution in [2.24, 2.45) is 5.92 Å². The van der Waals surface area contributed by atoms with Gasteiger partial charge < -0.3 is 10.6 Å². The van der Waals surface area contributed by atoms with Gasteiger partial charge in [0, 0.05) is 6.04 Å². The number of rotatable bonds is 2. The number of amides is 1. The highest BCUT2D eigenvalue weighted by atomic mass is 19.3. The van der Waals surface area contributed by atoms with E-state index in [9.17, 15) is 13.6 Å². The van der Waals surface area contributed by atoms with E-state index < -0.39 is 17.7 Å². The number of piperidine rings is 1. The summed E-state index contributed by atoms with van der Waals surface area (Å²) in [6, 6.07) is 0.142. The Kier molecular flexibility index (Phi) is 2.91. The van der Waals surface area contributed by atoms with E-state index in [0.29, 0.717) is 6.54 Å². The minimum Gasteiger partial charge on any atom is -0.353 e. The molecular formula is C10H16F2N2O. The van der Waals surface area contributed by atoms with Crippen LogP contribution >= 0.6 is 0 Å².